The van der Waals surface area contributed by atoms with E-state index in [9.17, 15) is 17.2 Å². The molecule has 0 spiro atoms. The molecule has 0 saturated heterocycles. The van der Waals surface area contributed by atoms with Gasteiger partial charge in [-0.05, 0) is 32.0 Å². The Kier molecular flexibility index (Phi) is 3.57. The number of hydrogen-bond acceptors (Lipinski definition) is 4. The first-order valence-corrected chi connectivity index (χ1v) is 7.19. The molecule has 0 amide bonds. The van der Waals surface area contributed by atoms with Gasteiger partial charge in [-0.15, -0.1) is 10.2 Å². The van der Waals surface area contributed by atoms with Gasteiger partial charge in [0.25, 0.3) is 15.2 Å². The molecule has 0 bridgehead atoms. The molecule has 1 heterocycles. The average Bonchev–Trinajstić information content (AvgIpc) is 2.77. The van der Waals surface area contributed by atoms with Gasteiger partial charge in [-0.3, -0.25) is 4.57 Å². The van der Waals surface area contributed by atoms with Crippen molar-refractivity contribution in [2.45, 2.75) is 25.0 Å². The number of aromatic nitrogens is 3. The summed E-state index contributed by atoms with van der Waals surface area (Å²) in [7, 11) is -4.06. The Morgan fingerprint density at radius 3 is 2.35 bits per heavy atom. The van der Waals surface area contributed by atoms with Crippen molar-refractivity contribution in [1.82, 2.24) is 14.8 Å². The van der Waals surface area contributed by atoms with Gasteiger partial charge in [0.05, 0.1) is 0 Å². The van der Waals surface area contributed by atoms with Crippen LogP contribution in [0.4, 0.5) is 8.78 Å². The minimum Gasteiger partial charge on any atom is -0.294 e. The number of hydrogen-bond donors (Lipinski definition) is 1. The minimum absolute atomic E-state index is 0.0999. The molecule has 2 N–H and O–H groups in total. The van der Waals surface area contributed by atoms with Crippen LogP contribution in [0.2, 0.25) is 0 Å². The Hall–Kier alpha value is -1.87. The smallest absolute Gasteiger partial charge is 0.273 e. The Labute approximate surface area is 114 Å². The monoisotopic (exact) mass is 302 g/mol. The molecule has 0 saturated carbocycles. The van der Waals surface area contributed by atoms with Crippen molar-refractivity contribution in [3.05, 3.63) is 29.8 Å². The molecule has 0 atom stereocenters. The van der Waals surface area contributed by atoms with Crippen molar-refractivity contribution >= 4 is 10.0 Å². The molecule has 1 aromatic carbocycles. The lowest BCUT2D eigenvalue weighted by Gasteiger charge is -2.12. The van der Waals surface area contributed by atoms with Gasteiger partial charge in [-0.1, -0.05) is 0 Å². The van der Waals surface area contributed by atoms with Crippen LogP contribution in [-0.4, -0.2) is 23.2 Å². The highest BCUT2D eigenvalue weighted by Gasteiger charge is 2.24. The average molecular weight is 302 g/mol. The van der Waals surface area contributed by atoms with Gasteiger partial charge >= 0.3 is 0 Å². The van der Waals surface area contributed by atoms with Crippen LogP contribution in [0.3, 0.4) is 0 Å². The first-order valence-electron chi connectivity index (χ1n) is 5.65. The van der Waals surface area contributed by atoms with Gasteiger partial charge in [0.15, 0.2) is 17.5 Å². The van der Waals surface area contributed by atoms with E-state index in [0.717, 1.165) is 12.1 Å². The first kappa shape index (κ1) is 14.5. The second-order valence-corrected chi connectivity index (χ2v) is 5.90. The molecule has 6 nitrogen and oxygen atoms in total. The highest BCUT2D eigenvalue weighted by atomic mass is 32.2. The van der Waals surface area contributed by atoms with Crippen LogP contribution in [-0.2, 0) is 10.0 Å². The Balaban J connectivity index is 2.69. The molecule has 0 radical (unpaired) electrons. The van der Waals surface area contributed by atoms with E-state index in [-0.39, 0.29) is 17.4 Å². The SMILES string of the molecule is CC(C)n1c(-c2ccc(F)c(F)c2)nnc1S(N)(=O)=O. The van der Waals surface area contributed by atoms with E-state index in [4.69, 9.17) is 5.14 Å². The van der Waals surface area contributed by atoms with E-state index in [0.29, 0.717) is 0 Å². The molecule has 20 heavy (non-hydrogen) atoms. The van der Waals surface area contributed by atoms with Crippen LogP contribution in [0, 0.1) is 11.6 Å². The molecule has 0 fully saturated rings. The van der Waals surface area contributed by atoms with Crippen molar-refractivity contribution < 1.29 is 17.2 Å². The lowest BCUT2D eigenvalue weighted by Crippen LogP contribution is -2.20. The predicted octanol–water partition coefficient (Wildman–Crippen LogP) is 1.45. The van der Waals surface area contributed by atoms with Crippen LogP contribution < -0.4 is 5.14 Å². The van der Waals surface area contributed by atoms with Crippen molar-refractivity contribution in [2.75, 3.05) is 0 Å². The molecule has 0 aliphatic carbocycles. The topological polar surface area (TPSA) is 90.9 Å². The number of sulfonamides is 1. The molecular formula is C11H12F2N4O2S. The van der Waals surface area contributed by atoms with Crippen molar-refractivity contribution in [1.29, 1.82) is 0 Å². The molecule has 0 unspecified atom stereocenters. The summed E-state index contributed by atoms with van der Waals surface area (Å²) in [6.07, 6.45) is 0. The fourth-order valence-electron chi connectivity index (χ4n) is 1.77. The molecule has 0 aliphatic heterocycles. The molecule has 9 heteroatoms. The van der Waals surface area contributed by atoms with Gasteiger partial charge in [0.2, 0.25) is 0 Å². The number of primary sulfonamides is 1. The number of benzene rings is 1. The predicted molar refractivity (Wildman–Crippen MR) is 67.1 cm³/mol. The van der Waals surface area contributed by atoms with Gasteiger partial charge in [0.1, 0.15) is 0 Å². The van der Waals surface area contributed by atoms with Gasteiger partial charge in [0, 0.05) is 11.6 Å². The van der Waals surface area contributed by atoms with Crippen LogP contribution in [0.1, 0.15) is 19.9 Å². The van der Waals surface area contributed by atoms with Gasteiger partial charge in [-0.25, -0.2) is 22.3 Å². The van der Waals surface area contributed by atoms with E-state index >= 15 is 0 Å². The highest BCUT2D eigenvalue weighted by Crippen LogP contribution is 2.25. The van der Waals surface area contributed by atoms with Crippen LogP contribution in [0.25, 0.3) is 11.4 Å². The summed E-state index contributed by atoms with van der Waals surface area (Å²) in [5.74, 6) is -1.96. The fraction of sp³-hybridized carbons (Fsp3) is 0.273. The van der Waals surface area contributed by atoms with Gasteiger partial charge in [-0.2, -0.15) is 0 Å². The lowest BCUT2D eigenvalue weighted by atomic mass is 10.2. The third-order valence-electron chi connectivity index (χ3n) is 2.61. The zero-order valence-corrected chi connectivity index (χ0v) is 11.5. The molecular weight excluding hydrogens is 290 g/mol. The summed E-state index contributed by atoms with van der Waals surface area (Å²) in [6, 6.07) is 2.81. The zero-order chi connectivity index (χ0) is 15.1. The number of halogens is 2. The second kappa shape index (κ2) is 4.91. The largest absolute Gasteiger partial charge is 0.294 e. The summed E-state index contributed by atoms with van der Waals surface area (Å²) in [5.41, 5.74) is 0.208. The van der Waals surface area contributed by atoms with E-state index in [1.165, 1.54) is 10.6 Å². The first-order chi connectivity index (χ1) is 9.21. The Morgan fingerprint density at radius 2 is 1.85 bits per heavy atom. The van der Waals surface area contributed by atoms with E-state index in [1.54, 1.807) is 13.8 Å². The van der Waals surface area contributed by atoms with Crippen molar-refractivity contribution in [3.63, 3.8) is 0 Å². The van der Waals surface area contributed by atoms with Crippen LogP contribution in [0.5, 0.6) is 0 Å². The molecule has 108 valence electrons. The lowest BCUT2D eigenvalue weighted by molar-refractivity contribution is 0.507. The van der Waals surface area contributed by atoms with E-state index in [2.05, 4.69) is 10.2 Å². The maximum Gasteiger partial charge on any atom is 0.273 e. The fourth-order valence-corrected chi connectivity index (χ4v) is 2.49. The zero-order valence-electron chi connectivity index (χ0n) is 10.7. The van der Waals surface area contributed by atoms with Crippen LogP contribution in [0.15, 0.2) is 23.4 Å². The number of rotatable bonds is 3. The molecule has 2 rings (SSSR count). The standard InChI is InChI=1S/C11H12F2N4O2S/c1-6(2)17-10(15-16-11(17)20(14,18)19)7-3-4-8(12)9(13)5-7/h3-6H,1-2H3,(H2,14,18,19). The molecule has 0 aliphatic rings. The van der Waals surface area contributed by atoms with E-state index < -0.39 is 26.8 Å². The summed E-state index contributed by atoms with van der Waals surface area (Å²) >= 11 is 0. The molecule has 1 aromatic heterocycles. The molecule has 2 aromatic rings. The number of nitrogens with zero attached hydrogens (tertiary/aromatic N) is 3. The maximum atomic E-state index is 13.3. The summed E-state index contributed by atoms with van der Waals surface area (Å²) < 4.78 is 50.3. The Bertz CT molecular complexity index is 756. The minimum atomic E-state index is -4.06. The summed E-state index contributed by atoms with van der Waals surface area (Å²) in [5, 5.41) is 11.9. The third kappa shape index (κ3) is 2.54. The normalized spacial score (nSPS) is 12.1. The van der Waals surface area contributed by atoms with Crippen molar-refractivity contribution in [3.8, 4) is 11.4 Å². The summed E-state index contributed by atoms with van der Waals surface area (Å²) in [4.78, 5) is 0. The summed E-state index contributed by atoms with van der Waals surface area (Å²) in [6.45, 7) is 3.39. The van der Waals surface area contributed by atoms with Crippen LogP contribution >= 0.6 is 0 Å². The third-order valence-corrected chi connectivity index (χ3v) is 3.40. The number of nitrogens with two attached hydrogens (primary N) is 1. The van der Waals surface area contributed by atoms with Crippen molar-refractivity contribution in [2.24, 2.45) is 5.14 Å². The highest BCUT2D eigenvalue weighted by molar-refractivity contribution is 7.89. The van der Waals surface area contributed by atoms with E-state index in [1.807, 2.05) is 0 Å². The maximum absolute atomic E-state index is 13.3. The quantitative estimate of drug-likeness (QED) is 0.929. The Morgan fingerprint density at radius 1 is 1.20 bits per heavy atom. The van der Waals surface area contributed by atoms with Gasteiger partial charge < -0.3 is 0 Å². The second-order valence-electron chi connectivity index (χ2n) is 4.44.